The van der Waals surface area contributed by atoms with Crippen LogP contribution in [0.3, 0.4) is 0 Å². The summed E-state index contributed by atoms with van der Waals surface area (Å²) in [4.78, 5) is 36.5. The Morgan fingerprint density at radius 2 is 1.62 bits per heavy atom. The average molecular weight is 465 g/mol. The number of fused-ring (bicyclic) bond motifs is 3. The highest BCUT2D eigenvalue weighted by Gasteiger charge is 2.33. The second-order valence-electron chi connectivity index (χ2n) is 9.61. The molecule has 7 heteroatoms. The van der Waals surface area contributed by atoms with Crippen LogP contribution in [0.1, 0.15) is 50.2 Å². The predicted molar refractivity (Wildman–Crippen MR) is 128 cm³/mol. The summed E-state index contributed by atoms with van der Waals surface area (Å²) < 4.78 is 5.58. The Labute approximate surface area is 199 Å². The number of benzene rings is 2. The zero-order valence-electron chi connectivity index (χ0n) is 19.6. The molecule has 0 aliphatic heterocycles. The summed E-state index contributed by atoms with van der Waals surface area (Å²) in [6.07, 6.45) is 1.14. The van der Waals surface area contributed by atoms with Gasteiger partial charge in [0.15, 0.2) is 0 Å². The van der Waals surface area contributed by atoms with Crippen molar-refractivity contribution in [3.8, 4) is 11.1 Å². The van der Waals surface area contributed by atoms with Crippen molar-refractivity contribution in [3.05, 3.63) is 59.7 Å². The van der Waals surface area contributed by atoms with Gasteiger partial charge in [0.05, 0.1) is 11.8 Å². The number of rotatable bonds is 8. The fourth-order valence-corrected chi connectivity index (χ4v) is 5.12. The van der Waals surface area contributed by atoms with Crippen molar-refractivity contribution < 1.29 is 24.2 Å². The summed E-state index contributed by atoms with van der Waals surface area (Å²) in [5.74, 6) is -1.82. The van der Waals surface area contributed by atoms with Crippen LogP contribution in [0.2, 0.25) is 0 Å². The Morgan fingerprint density at radius 1 is 1.00 bits per heavy atom. The number of aliphatic carboxylic acids is 1. The predicted octanol–water partition coefficient (Wildman–Crippen LogP) is 4.17. The first kappa shape index (κ1) is 23.8. The third kappa shape index (κ3) is 5.08. The van der Waals surface area contributed by atoms with Crippen molar-refractivity contribution in [1.29, 1.82) is 0 Å². The molecule has 0 heterocycles. The number of amides is 2. The molecule has 0 radical (unpaired) electrons. The van der Waals surface area contributed by atoms with E-state index in [0.717, 1.165) is 11.1 Å². The summed E-state index contributed by atoms with van der Waals surface area (Å²) in [6, 6.07) is 16.2. The van der Waals surface area contributed by atoms with Gasteiger partial charge in [0, 0.05) is 18.5 Å². The van der Waals surface area contributed by atoms with Gasteiger partial charge in [0.25, 0.3) is 0 Å². The Hall–Kier alpha value is -3.35. The van der Waals surface area contributed by atoms with Crippen LogP contribution >= 0.6 is 0 Å². The molecule has 2 aliphatic rings. The fourth-order valence-electron chi connectivity index (χ4n) is 5.12. The van der Waals surface area contributed by atoms with E-state index < -0.39 is 23.9 Å². The van der Waals surface area contributed by atoms with E-state index in [1.54, 1.807) is 0 Å². The van der Waals surface area contributed by atoms with Gasteiger partial charge in [-0.15, -0.1) is 0 Å². The van der Waals surface area contributed by atoms with Gasteiger partial charge in [-0.1, -0.05) is 62.4 Å². The zero-order chi connectivity index (χ0) is 24.2. The topological polar surface area (TPSA) is 105 Å². The number of carboxylic acids is 1. The molecule has 2 aliphatic carbocycles. The summed E-state index contributed by atoms with van der Waals surface area (Å²) in [7, 11) is 0. The molecule has 4 rings (SSSR count). The highest BCUT2D eigenvalue weighted by atomic mass is 16.5. The first-order chi connectivity index (χ1) is 16.3. The molecule has 0 spiro atoms. The highest BCUT2D eigenvalue weighted by Crippen LogP contribution is 2.44. The molecule has 2 amide bonds. The number of hydrogen-bond donors (Lipinski definition) is 3. The molecule has 1 unspecified atom stereocenters. The van der Waals surface area contributed by atoms with Crippen LogP contribution in [0.5, 0.6) is 0 Å². The van der Waals surface area contributed by atoms with Crippen molar-refractivity contribution in [2.75, 3.05) is 13.2 Å². The highest BCUT2D eigenvalue weighted by molar-refractivity contribution is 5.81. The summed E-state index contributed by atoms with van der Waals surface area (Å²) >= 11 is 0. The number of carbonyl (C=O) groups is 3. The van der Waals surface area contributed by atoms with E-state index in [9.17, 15) is 19.5 Å². The molecule has 0 bridgehead atoms. The van der Waals surface area contributed by atoms with Gasteiger partial charge in [-0.25, -0.2) is 4.79 Å². The Bertz CT molecular complexity index is 1020. The maximum Gasteiger partial charge on any atom is 0.407 e. The number of hydrogen-bond acceptors (Lipinski definition) is 4. The lowest BCUT2D eigenvalue weighted by Gasteiger charge is -2.23. The van der Waals surface area contributed by atoms with Gasteiger partial charge >= 0.3 is 12.1 Å². The molecule has 2 aromatic rings. The van der Waals surface area contributed by atoms with E-state index >= 15 is 0 Å². The van der Waals surface area contributed by atoms with Crippen molar-refractivity contribution in [3.63, 3.8) is 0 Å². The van der Waals surface area contributed by atoms with Crippen LogP contribution in [0.25, 0.3) is 11.1 Å². The van der Waals surface area contributed by atoms with Crippen molar-refractivity contribution in [2.45, 2.75) is 45.1 Å². The lowest BCUT2D eigenvalue weighted by molar-refractivity contribution is -0.141. The van der Waals surface area contributed by atoms with Crippen LogP contribution in [0.15, 0.2) is 48.5 Å². The Balaban J connectivity index is 1.30. The minimum absolute atomic E-state index is 0.00515. The zero-order valence-corrected chi connectivity index (χ0v) is 19.6. The lowest BCUT2D eigenvalue weighted by atomic mass is 9.94. The van der Waals surface area contributed by atoms with E-state index in [0.29, 0.717) is 19.3 Å². The Kier molecular flexibility index (Phi) is 7.20. The molecule has 0 aromatic heterocycles. The van der Waals surface area contributed by atoms with Crippen LogP contribution in [-0.4, -0.2) is 42.3 Å². The van der Waals surface area contributed by atoms with Gasteiger partial charge in [-0.3, -0.25) is 9.59 Å². The van der Waals surface area contributed by atoms with Crippen LogP contribution in [0, 0.1) is 17.8 Å². The molecule has 180 valence electrons. The third-order valence-electron chi connectivity index (χ3n) is 7.08. The molecule has 0 saturated heterocycles. The van der Waals surface area contributed by atoms with Crippen LogP contribution in [-0.2, 0) is 14.3 Å². The molecule has 7 nitrogen and oxygen atoms in total. The molecular formula is C27H32N2O5. The molecule has 3 N–H and O–H groups in total. The minimum atomic E-state index is -0.811. The molecule has 1 fully saturated rings. The molecule has 1 saturated carbocycles. The van der Waals surface area contributed by atoms with Gasteiger partial charge in [0.2, 0.25) is 5.91 Å². The van der Waals surface area contributed by atoms with Crippen LogP contribution in [0.4, 0.5) is 4.79 Å². The summed E-state index contributed by atoms with van der Waals surface area (Å²) in [6.45, 7) is 4.24. The maximum absolute atomic E-state index is 12.8. The molecule has 3 atom stereocenters. The number of alkyl carbamates (subject to hydrolysis) is 1. The SMILES string of the molecule is CC(C)C(CNC(=O)OCC1c2ccccc2-c2ccccc21)C(=O)N[C@@H]1CC[C@H](C(=O)O)C1. The molecule has 2 aromatic carbocycles. The smallest absolute Gasteiger partial charge is 0.407 e. The second-order valence-corrected chi connectivity index (χ2v) is 9.61. The van der Waals surface area contributed by atoms with Crippen LogP contribution < -0.4 is 10.6 Å². The fraction of sp³-hybridized carbons (Fsp3) is 0.444. The first-order valence-corrected chi connectivity index (χ1v) is 12.0. The van der Waals surface area contributed by atoms with Gasteiger partial charge in [-0.05, 0) is 47.4 Å². The lowest BCUT2D eigenvalue weighted by Crippen LogP contribution is -2.44. The summed E-state index contributed by atoms with van der Waals surface area (Å²) in [5.41, 5.74) is 4.63. The Morgan fingerprint density at radius 3 is 2.18 bits per heavy atom. The van der Waals surface area contributed by atoms with Gasteiger partial charge in [-0.2, -0.15) is 0 Å². The van der Waals surface area contributed by atoms with E-state index in [1.807, 2.05) is 38.1 Å². The van der Waals surface area contributed by atoms with E-state index in [-0.39, 0.29) is 36.9 Å². The first-order valence-electron chi connectivity index (χ1n) is 12.0. The second kappa shape index (κ2) is 10.3. The molecular weight excluding hydrogens is 432 g/mol. The van der Waals surface area contributed by atoms with Gasteiger partial charge in [0.1, 0.15) is 6.61 Å². The number of carbonyl (C=O) groups excluding carboxylic acids is 2. The third-order valence-corrected chi connectivity index (χ3v) is 7.08. The maximum atomic E-state index is 12.8. The summed E-state index contributed by atoms with van der Waals surface area (Å²) in [5, 5.41) is 14.9. The van der Waals surface area contributed by atoms with E-state index in [2.05, 4.69) is 34.9 Å². The van der Waals surface area contributed by atoms with Crippen molar-refractivity contribution in [2.24, 2.45) is 17.8 Å². The monoisotopic (exact) mass is 464 g/mol. The average Bonchev–Trinajstić information content (AvgIpc) is 3.40. The van der Waals surface area contributed by atoms with Crippen molar-refractivity contribution >= 4 is 18.0 Å². The standard InChI is InChI=1S/C27H32N2O5/c1-16(2)23(25(30)29-18-12-11-17(13-18)26(31)32)14-28-27(33)34-15-24-21-9-5-3-7-19(21)20-8-4-6-10-22(20)24/h3-10,16-18,23-24H,11-15H2,1-2H3,(H,28,33)(H,29,30)(H,31,32)/t17-,18+,23?/m0/s1. The normalized spacial score (nSPS) is 19.9. The largest absolute Gasteiger partial charge is 0.481 e. The number of ether oxygens (including phenoxy) is 1. The molecule has 34 heavy (non-hydrogen) atoms. The number of nitrogens with one attached hydrogen (secondary N) is 2. The van der Waals surface area contributed by atoms with E-state index in [1.165, 1.54) is 11.1 Å². The van der Waals surface area contributed by atoms with Crippen molar-refractivity contribution in [1.82, 2.24) is 10.6 Å². The quantitative estimate of drug-likeness (QED) is 0.544. The van der Waals surface area contributed by atoms with Gasteiger partial charge < -0.3 is 20.5 Å². The van der Waals surface area contributed by atoms with E-state index in [4.69, 9.17) is 4.74 Å². The number of carboxylic acid groups (broad SMARTS) is 1. The minimum Gasteiger partial charge on any atom is -0.481 e.